The normalized spacial score (nSPS) is 16.2. The summed E-state index contributed by atoms with van der Waals surface area (Å²) in [5.41, 5.74) is 0.238. The van der Waals surface area contributed by atoms with Crippen LogP contribution in [0.25, 0.3) is 0 Å². The molecular weight excluding hydrogens is 278 g/mol. The zero-order valence-corrected chi connectivity index (χ0v) is 11.9. The number of aryl methyl sites for hydroxylation is 1. The fraction of sp³-hybridized carbons (Fsp3) is 0.533. The Hall–Kier alpha value is -1.53. The lowest BCUT2D eigenvalue weighted by molar-refractivity contribution is -0.132. The highest BCUT2D eigenvalue weighted by Crippen LogP contribution is 2.14. The van der Waals surface area contributed by atoms with Crippen LogP contribution in [0.5, 0.6) is 0 Å². The van der Waals surface area contributed by atoms with E-state index in [1.54, 1.807) is 4.90 Å². The standard InChI is InChI=1S/C15H20F2N2O2/c16-13-3-1-2-12(15(13)17)4-5-14(21)19-8-6-18(7-9-19)10-11-20/h1-3,20H,4-11H2. The Labute approximate surface area is 123 Å². The van der Waals surface area contributed by atoms with E-state index in [1.807, 2.05) is 0 Å². The van der Waals surface area contributed by atoms with Gasteiger partial charge in [-0.25, -0.2) is 8.78 Å². The first-order chi connectivity index (χ1) is 10.1. The number of aliphatic hydroxyl groups is 1. The van der Waals surface area contributed by atoms with Gasteiger partial charge >= 0.3 is 0 Å². The number of carbonyl (C=O) groups is 1. The van der Waals surface area contributed by atoms with Gasteiger partial charge in [0.15, 0.2) is 11.6 Å². The highest BCUT2D eigenvalue weighted by molar-refractivity contribution is 5.76. The van der Waals surface area contributed by atoms with E-state index in [-0.39, 0.29) is 30.9 Å². The first-order valence-electron chi connectivity index (χ1n) is 7.15. The average Bonchev–Trinajstić information content (AvgIpc) is 2.49. The van der Waals surface area contributed by atoms with Gasteiger partial charge in [0, 0.05) is 39.1 Å². The minimum atomic E-state index is -0.877. The molecule has 0 aliphatic carbocycles. The Kier molecular flexibility index (Phi) is 5.64. The van der Waals surface area contributed by atoms with Crippen molar-refractivity contribution in [1.82, 2.24) is 9.80 Å². The quantitative estimate of drug-likeness (QED) is 0.883. The van der Waals surface area contributed by atoms with Crippen molar-refractivity contribution in [1.29, 1.82) is 0 Å². The summed E-state index contributed by atoms with van der Waals surface area (Å²) >= 11 is 0. The fourth-order valence-electron chi connectivity index (χ4n) is 2.50. The van der Waals surface area contributed by atoms with E-state index >= 15 is 0 Å². The lowest BCUT2D eigenvalue weighted by Crippen LogP contribution is -2.49. The van der Waals surface area contributed by atoms with Crippen molar-refractivity contribution in [2.45, 2.75) is 12.8 Å². The summed E-state index contributed by atoms with van der Waals surface area (Å²) in [6.45, 7) is 3.44. The molecule has 1 saturated heterocycles. The number of benzene rings is 1. The van der Waals surface area contributed by atoms with Gasteiger partial charge in [-0.1, -0.05) is 12.1 Å². The summed E-state index contributed by atoms with van der Waals surface area (Å²) in [5.74, 6) is -1.78. The maximum Gasteiger partial charge on any atom is 0.222 e. The van der Waals surface area contributed by atoms with Gasteiger partial charge < -0.3 is 10.0 Å². The van der Waals surface area contributed by atoms with Crippen molar-refractivity contribution in [2.75, 3.05) is 39.3 Å². The van der Waals surface area contributed by atoms with E-state index in [1.165, 1.54) is 12.1 Å². The predicted octanol–water partition coefficient (Wildman–Crippen LogP) is 1.03. The van der Waals surface area contributed by atoms with Gasteiger partial charge in [0.05, 0.1) is 6.61 Å². The third-order valence-corrected chi connectivity index (χ3v) is 3.78. The number of piperazine rings is 1. The lowest BCUT2D eigenvalue weighted by Gasteiger charge is -2.34. The second-order valence-corrected chi connectivity index (χ2v) is 5.16. The highest BCUT2D eigenvalue weighted by Gasteiger charge is 2.20. The third kappa shape index (κ3) is 4.22. The Bertz CT molecular complexity index is 489. The van der Waals surface area contributed by atoms with Crippen LogP contribution in [0.15, 0.2) is 18.2 Å². The maximum absolute atomic E-state index is 13.5. The van der Waals surface area contributed by atoms with Crippen molar-refractivity contribution >= 4 is 5.91 Å². The summed E-state index contributed by atoms with van der Waals surface area (Å²) in [4.78, 5) is 15.9. The first-order valence-corrected chi connectivity index (χ1v) is 7.15. The van der Waals surface area contributed by atoms with Crippen LogP contribution in [-0.4, -0.2) is 60.1 Å². The molecule has 1 aromatic rings. The molecule has 2 rings (SSSR count). The Morgan fingerprint density at radius 2 is 1.90 bits per heavy atom. The first kappa shape index (κ1) is 15.9. The number of nitrogens with zero attached hydrogens (tertiary/aromatic N) is 2. The molecule has 1 N–H and O–H groups in total. The van der Waals surface area contributed by atoms with Gasteiger partial charge in [0.1, 0.15) is 0 Å². The molecule has 1 aromatic carbocycles. The van der Waals surface area contributed by atoms with E-state index < -0.39 is 11.6 Å². The van der Waals surface area contributed by atoms with Crippen LogP contribution in [0, 0.1) is 11.6 Å². The number of β-amino-alcohol motifs (C(OH)–C–C–N with tert-alkyl or cyclic N) is 1. The third-order valence-electron chi connectivity index (χ3n) is 3.78. The Morgan fingerprint density at radius 3 is 2.57 bits per heavy atom. The van der Waals surface area contributed by atoms with E-state index in [0.29, 0.717) is 19.6 Å². The van der Waals surface area contributed by atoms with E-state index in [9.17, 15) is 13.6 Å². The summed E-state index contributed by atoms with van der Waals surface area (Å²) in [5, 5.41) is 8.86. The molecule has 0 radical (unpaired) electrons. The molecule has 1 aliphatic heterocycles. The molecule has 1 heterocycles. The van der Waals surface area contributed by atoms with Crippen molar-refractivity contribution < 1.29 is 18.7 Å². The molecule has 0 spiro atoms. The van der Waals surface area contributed by atoms with Gasteiger partial charge in [-0.15, -0.1) is 0 Å². The summed E-state index contributed by atoms with van der Waals surface area (Å²) < 4.78 is 26.6. The number of amides is 1. The zero-order chi connectivity index (χ0) is 15.2. The molecule has 0 unspecified atom stereocenters. The van der Waals surface area contributed by atoms with Crippen molar-refractivity contribution in [2.24, 2.45) is 0 Å². The van der Waals surface area contributed by atoms with Crippen LogP contribution in [-0.2, 0) is 11.2 Å². The average molecular weight is 298 g/mol. The van der Waals surface area contributed by atoms with Crippen LogP contribution in [0.3, 0.4) is 0 Å². The second-order valence-electron chi connectivity index (χ2n) is 5.16. The minimum absolute atomic E-state index is 0.0395. The number of rotatable bonds is 5. The number of halogens is 2. The summed E-state index contributed by atoms with van der Waals surface area (Å²) in [6, 6.07) is 4.03. The van der Waals surface area contributed by atoms with E-state index in [4.69, 9.17) is 5.11 Å². The smallest absolute Gasteiger partial charge is 0.222 e. The zero-order valence-electron chi connectivity index (χ0n) is 11.9. The number of hydrogen-bond acceptors (Lipinski definition) is 3. The van der Waals surface area contributed by atoms with Crippen molar-refractivity contribution in [3.05, 3.63) is 35.4 Å². The molecule has 6 heteroatoms. The van der Waals surface area contributed by atoms with Gasteiger partial charge in [-0.3, -0.25) is 9.69 Å². The fourth-order valence-corrected chi connectivity index (χ4v) is 2.50. The summed E-state index contributed by atoms with van der Waals surface area (Å²) in [7, 11) is 0. The molecule has 0 atom stereocenters. The Balaban J connectivity index is 1.81. The van der Waals surface area contributed by atoms with E-state index in [2.05, 4.69) is 4.90 Å². The van der Waals surface area contributed by atoms with Gasteiger partial charge in [0.2, 0.25) is 5.91 Å². The van der Waals surface area contributed by atoms with Crippen molar-refractivity contribution in [3.63, 3.8) is 0 Å². The molecule has 1 amide bonds. The van der Waals surface area contributed by atoms with Gasteiger partial charge in [0.25, 0.3) is 0 Å². The molecule has 0 aromatic heterocycles. The number of hydrogen-bond donors (Lipinski definition) is 1. The molecular formula is C15H20F2N2O2. The Morgan fingerprint density at radius 1 is 1.19 bits per heavy atom. The second kappa shape index (κ2) is 7.47. The minimum Gasteiger partial charge on any atom is -0.395 e. The molecule has 1 fully saturated rings. The van der Waals surface area contributed by atoms with E-state index in [0.717, 1.165) is 19.2 Å². The SMILES string of the molecule is O=C(CCc1cccc(F)c1F)N1CCN(CCO)CC1. The molecule has 4 nitrogen and oxygen atoms in total. The van der Waals surface area contributed by atoms with Gasteiger partial charge in [-0.05, 0) is 18.1 Å². The highest BCUT2D eigenvalue weighted by atomic mass is 19.2. The topological polar surface area (TPSA) is 43.8 Å². The van der Waals surface area contributed by atoms with Gasteiger partial charge in [-0.2, -0.15) is 0 Å². The van der Waals surface area contributed by atoms with Crippen LogP contribution >= 0.6 is 0 Å². The van der Waals surface area contributed by atoms with Crippen LogP contribution < -0.4 is 0 Å². The maximum atomic E-state index is 13.5. The van der Waals surface area contributed by atoms with Crippen molar-refractivity contribution in [3.8, 4) is 0 Å². The largest absolute Gasteiger partial charge is 0.395 e. The molecule has 0 saturated carbocycles. The summed E-state index contributed by atoms with van der Waals surface area (Å²) in [6.07, 6.45) is 0.389. The van der Waals surface area contributed by atoms with Crippen LogP contribution in [0.2, 0.25) is 0 Å². The predicted molar refractivity (Wildman–Crippen MR) is 74.8 cm³/mol. The molecule has 116 valence electrons. The monoisotopic (exact) mass is 298 g/mol. The van der Waals surface area contributed by atoms with Crippen LogP contribution in [0.4, 0.5) is 8.78 Å². The molecule has 1 aliphatic rings. The van der Waals surface area contributed by atoms with Crippen LogP contribution in [0.1, 0.15) is 12.0 Å². The molecule has 0 bridgehead atoms. The number of aliphatic hydroxyl groups excluding tert-OH is 1. The molecule has 21 heavy (non-hydrogen) atoms. The number of carbonyl (C=O) groups excluding carboxylic acids is 1. The lowest BCUT2D eigenvalue weighted by atomic mass is 10.1.